The van der Waals surface area contributed by atoms with Crippen molar-refractivity contribution in [2.24, 2.45) is 0 Å². The molecule has 162 valence electrons. The molecular formula is C18H11Cl2F6NO3. The SMILES string of the molecule is O=C(N[C@@H](Cc1cc(C(F)(F)F)cc(C(F)(F)F)c1)C(=O)O)c1cc(Cl)ccc1Cl. The molecule has 1 amide bonds. The van der Waals surface area contributed by atoms with Crippen molar-refractivity contribution in [2.45, 2.75) is 24.8 Å². The molecule has 0 aliphatic rings. The van der Waals surface area contributed by atoms with Crippen LogP contribution < -0.4 is 5.32 Å². The lowest BCUT2D eigenvalue weighted by atomic mass is 9.99. The van der Waals surface area contributed by atoms with E-state index >= 15 is 0 Å². The largest absolute Gasteiger partial charge is 0.480 e. The van der Waals surface area contributed by atoms with Gasteiger partial charge in [0.2, 0.25) is 0 Å². The highest BCUT2D eigenvalue weighted by Crippen LogP contribution is 2.36. The minimum absolute atomic E-state index is 0.0798. The normalized spacial score (nSPS) is 13.1. The first-order valence-corrected chi connectivity index (χ1v) is 8.71. The molecule has 1 atom stereocenters. The fraction of sp³-hybridized carbons (Fsp3) is 0.222. The van der Waals surface area contributed by atoms with Gasteiger partial charge in [-0.05, 0) is 42.0 Å². The molecule has 4 nitrogen and oxygen atoms in total. The Labute approximate surface area is 175 Å². The van der Waals surface area contributed by atoms with Gasteiger partial charge in [-0.15, -0.1) is 0 Å². The Morgan fingerprint density at radius 3 is 1.93 bits per heavy atom. The molecule has 2 aromatic rings. The number of halogens is 8. The number of aliphatic carboxylic acids is 1. The molecule has 0 saturated carbocycles. The first kappa shape index (κ1) is 23.8. The zero-order valence-electron chi connectivity index (χ0n) is 14.5. The van der Waals surface area contributed by atoms with Crippen molar-refractivity contribution in [1.82, 2.24) is 5.32 Å². The lowest BCUT2D eigenvalue weighted by molar-refractivity contribution is -0.143. The van der Waals surface area contributed by atoms with Crippen molar-refractivity contribution >= 4 is 35.1 Å². The van der Waals surface area contributed by atoms with Crippen molar-refractivity contribution in [3.8, 4) is 0 Å². The standard InChI is InChI=1S/C18H11Cl2F6NO3/c19-11-1-2-13(20)12(7-11)15(28)27-14(16(29)30)5-8-3-9(17(21,22)23)6-10(4-8)18(24,25)26/h1-4,6-7,14H,5H2,(H,27,28)(H,29,30)/t14-/m0/s1. The molecule has 0 aromatic heterocycles. The monoisotopic (exact) mass is 473 g/mol. The van der Waals surface area contributed by atoms with Gasteiger partial charge in [-0.1, -0.05) is 23.2 Å². The molecule has 2 N–H and O–H groups in total. The number of amides is 1. The summed E-state index contributed by atoms with van der Waals surface area (Å²) in [5, 5.41) is 11.3. The molecule has 0 heterocycles. The third-order valence-corrected chi connectivity index (χ3v) is 4.43. The molecular weight excluding hydrogens is 463 g/mol. The van der Waals surface area contributed by atoms with Crippen LogP contribution in [0.25, 0.3) is 0 Å². The summed E-state index contributed by atoms with van der Waals surface area (Å²) >= 11 is 11.6. The highest BCUT2D eigenvalue weighted by Gasteiger charge is 2.37. The Bertz CT molecular complexity index is 943. The van der Waals surface area contributed by atoms with Crippen LogP contribution in [0.1, 0.15) is 27.0 Å². The quantitative estimate of drug-likeness (QED) is 0.567. The average Bonchev–Trinajstić information content (AvgIpc) is 2.61. The van der Waals surface area contributed by atoms with Gasteiger partial charge in [0, 0.05) is 11.4 Å². The maximum Gasteiger partial charge on any atom is 0.416 e. The average molecular weight is 474 g/mol. The molecule has 2 rings (SSSR count). The number of carboxylic acids is 1. The fourth-order valence-corrected chi connectivity index (χ4v) is 2.86. The Kier molecular flexibility index (Phi) is 6.93. The summed E-state index contributed by atoms with van der Waals surface area (Å²) in [6.07, 6.45) is -11.0. The second-order valence-electron chi connectivity index (χ2n) is 6.11. The number of benzene rings is 2. The number of hydrogen-bond acceptors (Lipinski definition) is 2. The summed E-state index contributed by atoms with van der Waals surface area (Å²) in [6.45, 7) is 0. The molecule has 30 heavy (non-hydrogen) atoms. The number of rotatable bonds is 5. The van der Waals surface area contributed by atoms with E-state index in [1.54, 1.807) is 0 Å². The van der Waals surface area contributed by atoms with Gasteiger partial charge in [0.25, 0.3) is 5.91 Å². The first-order valence-electron chi connectivity index (χ1n) is 7.95. The van der Waals surface area contributed by atoms with Crippen LogP contribution >= 0.6 is 23.2 Å². The van der Waals surface area contributed by atoms with Gasteiger partial charge in [-0.25, -0.2) is 4.79 Å². The van der Waals surface area contributed by atoms with E-state index < -0.39 is 53.4 Å². The van der Waals surface area contributed by atoms with E-state index in [-0.39, 0.29) is 21.7 Å². The summed E-state index contributed by atoms with van der Waals surface area (Å²) in [5.74, 6) is -2.69. The third-order valence-electron chi connectivity index (χ3n) is 3.86. The van der Waals surface area contributed by atoms with Gasteiger partial charge in [0.05, 0.1) is 21.7 Å². The van der Waals surface area contributed by atoms with Crippen LogP contribution in [0, 0.1) is 0 Å². The number of carboxylic acid groups (broad SMARTS) is 1. The Morgan fingerprint density at radius 2 is 1.47 bits per heavy atom. The lowest BCUT2D eigenvalue weighted by Gasteiger charge is -2.18. The molecule has 0 aliphatic heterocycles. The van der Waals surface area contributed by atoms with Crippen molar-refractivity contribution in [1.29, 1.82) is 0 Å². The van der Waals surface area contributed by atoms with Gasteiger partial charge in [-0.3, -0.25) is 4.79 Å². The molecule has 12 heteroatoms. The molecule has 0 spiro atoms. The summed E-state index contributed by atoms with van der Waals surface area (Å²) < 4.78 is 77.8. The smallest absolute Gasteiger partial charge is 0.416 e. The molecule has 0 fully saturated rings. The highest BCUT2D eigenvalue weighted by molar-refractivity contribution is 6.35. The van der Waals surface area contributed by atoms with E-state index in [4.69, 9.17) is 23.2 Å². The van der Waals surface area contributed by atoms with E-state index in [0.717, 1.165) is 6.07 Å². The number of hydrogen-bond donors (Lipinski definition) is 2. The van der Waals surface area contributed by atoms with E-state index in [2.05, 4.69) is 0 Å². The third kappa shape index (κ3) is 6.02. The molecule has 0 radical (unpaired) electrons. The Morgan fingerprint density at radius 1 is 0.933 bits per heavy atom. The van der Waals surface area contributed by atoms with E-state index in [1.165, 1.54) is 12.1 Å². The van der Waals surface area contributed by atoms with Crippen molar-refractivity contribution in [3.05, 3.63) is 68.7 Å². The molecule has 0 unspecified atom stereocenters. The summed E-state index contributed by atoms with van der Waals surface area (Å²) in [6, 6.07) is 2.62. The summed E-state index contributed by atoms with van der Waals surface area (Å²) in [5.41, 5.74) is -3.99. The zero-order valence-corrected chi connectivity index (χ0v) is 16.0. The van der Waals surface area contributed by atoms with Crippen LogP contribution in [0.15, 0.2) is 36.4 Å². The Hall–Kier alpha value is -2.46. The molecule has 2 aromatic carbocycles. The van der Waals surface area contributed by atoms with Crippen LogP contribution in [-0.4, -0.2) is 23.0 Å². The van der Waals surface area contributed by atoms with Crippen LogP contribution in [-0.2, 0) is 23.6 Å². The van der Waals surface area contributed by atoms with Gasteiger partial charge in [0.1, 0.15) is 6.04 Å². The highest BCUT2D eigenvalue weighted by atomic mass is 35.5. The van der Waals surface area contributed by atoms with E-state index in [1.807, 2.05) is 5.32 Å². The summed E-state index contributed by atoms with van der Waals surface area (Å²) in [4.78, 5) is 23.8. The van der Waals surface area contributed by atoms with E-state index in [0.29, 0.717) is 12.1 Å². The minimum Gasteiger partial charge on any atom is -0.480 e. The van der Waals surface area contributed by atoms with E-state index in [9.17, 15) is 41.0 Å². The second kappa shape index (κ2) is 8.73. The van der Waals surface area contributed by atoms with Crippen LogP contribution in [0.3, 0.4) is 0 Å². The van der Waals surface area contributed by atoms with Gasteiger partial charge in [0.15, 0.2) is 0 Å². The molecule has 0 aliphatic carbocycles. The second-order valence-corrected chi connectivity index (χ2v) is 6.95. The number of alkyl halides is 6. The van der Waals surface area contributed by atoms with Crippen molar-refractivity contribution in [3.63, 3.8) is 0 Å². The predicted molar refractivity (Wildman–Crippen MR) is 95.5 cm³/mol. The van der Waals surface area contributed by atoms with Gasteiger partial charge in [-0.2, -0.15) is 26.3 Å². The summed E-state index contributed by atoms with van der Waals surface area (Å²) in [7, 11) is 0. The predicted octanol–water partition coefficient (Wildman–Crippen LogP) is 5.46. The number of nitrogens with one attached hydrogen (secondary N) is 1. The van der Waals surface area contributed by atoms with Crippen molar-refractivity contribution < 1.29 is 41.0 Å². The maximum atomic E-state index is 13.0. The van der Waals surface area contributed by atoms with Crippen LogP contribution in [0.2, 0.25) is 10.0 Å². The van der Waals surface area contributed by atoms with Crippen LogP contribution in [0.5, 0.6) is 0 Å². The number of carbonyl (C=O) groups is 2. The Balaban J connectivity index is 2.38. The minimum atomic E-state index is -5.09. The first-order chi connectivity index (χ1) is 13.7. The van der Waals surface area contributed by atoms with Crippen LogP contribution in [0.4, 0.5) is 26.3 Å². The lowest BCUT2D eigenvalue weighted by Crippen LogP contribution is -2.42. The number of carbonyl (C=O) groups excluding carboxylic acids is 1. The molecule has 0 saturated heterocycles. The van der Waals surface area contributed by atoms with Crippen molar-refractivity contribution in [2.75, 3.05) is 0 Å². The van der Waals surface area contributed by atoms with Gasteiger partial charge < -0.3 is 10.4 Å². The maximum absolute atomic E-state index is 13.0. The topological polar surface area (TPSA) is 66.4 Å². The molecule has 0 bridgehead atoms. The fourth-order valence-electron chi connectivity index (χ4n) is 2.48. The van der Waals surface area contributed by atoms with Gasteiger partial charge >= 0.3 is 18.3 Å². The zero-order chi connectivity index (χ0) is 22.9.